The van der Waals surface area contributed by atoms with E-state index in [0.29, 0.717) is 0 Å². The molecule has 106 valence electrons. The predicted octanol–water partition coefficient (Wildman–Crippen LogP) is 3.68. The highest BCUT2D eigenvalue weighted by atomic mass is 15.1. The van der Waals surface area contributed by atoms with Crippen LogP contribution in [0.1, 0.15) is 25.0 Å². The molecule has 2 aromatic carbocycles. The molecule has 0 saturated carbocycles. The van der Waals surface area contributed by atoms with Gasteiger partial charge in [-0.15, -0.1) is 0 Å². The van der Waals surface area contributed by atoms with Crippen molar-refractivity contribution in [3.05, 3.63) is 65.7 Å². The number of nitrogen functional groups attached to an aromatic ring is 1. The molecule has 0 aliphatic heterocycles. The third-order valence-electron chi connectivity index (χ3n) is 3.65. The lowest BCUT2D eigenvalue weighted by molar-refractivity contribution is 0.261. The van der Waals surface area contributed by atoms with Crippen molar-refractivity contribution in [2.45, 2.75) is 25.8 Å². The first kappa shape index (κ1) is 14.6. The van der Waals surface area contributed by atoms with Gasteiger partial charge in [-0.05, 0) is 30.3 Å². The summed E-state index contributed by atoms with van der Waals surface area (Å²) in [7, 11) is 2.17. The SMILES string of the molecule is CN(Cc1ccccc1)CC(C)(C)c1ccc(N)cc1. The van der Waals surface area contributed by atoms with Crippen molar-refractivity contribution in [1.82, 2.24) is 4.90 Å². The van der Waals surface area contributed by atoms with Crippen molar-refractivity contribution in [2.75, 3.05) is 19.3 Å². The first-order valence-corrected chi connectivity index (χ1v) is 7.06. The lowest BCUT2D eigenvalue weighted by Crippen LogP contribution is -2.34. The Morgan fingerprint density at radius 1 is 0.950 bits per heavy atom. The summed E-state index contributed by atoms with van der Waals surface area (Å²) in [6, 6.07) is 18.8. The number of nitrogens with two attached hydrogens (primary N) is 1. The van der Waals surface area contributed by atoms with Crippen LogP contribution >= 0.6 is 0 Å². The van der Waals surface area contributed by atoms with Gasteiger partial charge >= 0.3 is 0 Å². The van der Waals surface area contributed by atoms with E-state index < -0.39 is 0 Å². The Hall–Kier alpha value is -1.80. The van der Waals surface area contributed by atoms with E-state index in [9.17, 15) is 0 Å². The zero-order chi connectivity index (χ0) is 14.6. The van der Waals surface area contributed by atoms with Crippen LogP contribution in [0.25, 0.3) is 0 Å². The first-order chi connectivity index (χ1) is 9.47. The number of nitrogens with zero attached hydrogens (tertiary/aromatic N) is 1. The highest BCUT2D eigenvalue weighted by Gasteiger charge is 2.22. The van der Waals surface area contributed by atoms with Crippen molar-refractivity contribution in [2.24, 2.45) is 0 Å². The Bertz CT molecular complexity index is 529. The molecule has 2 N–H and O–H groups in total. The number of rotatable bonds is 5. The van der Waals surface area contributed by atoms with Gasteiger partial charge in [0.05, 0.1) is 0 Å². The van der Waals surface area contributed by atoms with Gasteiger partial charge in [0.2, 0.25) is 0 Å². The maximum absolute atomic E-state index is 5.76. The topological polar surface area (TPSA) is 29.3 Å². The third kappa shape index (κ3) is 3.84. The fourth-order valence-corrected chi connectivity index (χ4v) is 2.65. The van der Waals surface area contributed by atoms with Crippen LogP contribution in [0, 0.1) is 0 Å². The molecular formula is C18H24N2. The standard InChI is InChI=1S/C18H24N2/c1-18(2,16-9-11-17(19)12-10-16)14-20(3)13-15-7-5-4-6-8-15/h4-12H,13-14,19H2,1-3H3. The minimum Gasteiger partial charge on any atom is -0.399 e. The summed E-state index contributed by atoms with van der Waals surface area (Å²) in [6.07, 6.45) is 0. The summed E-state index contributed by atoms with van der Waals surface area (Å²) in [4.78, 5) is 2.37. The second-order valence-electron chi connectivity index (χ2n) is 6.16. The minimum absolute atomic E-state index is 0.108. The van der Waals surface area contributed by atoms with Gasteiger partial charge in [0.1, 0.15) is 0 Å². The normalized spacial score (nSPS) is 11.8. The molecule has 0 heterocycles. The van der Waals surface area contributed by atoms with Crippen molar-refractivity contribution >= 4 is 5.69 Å². The predicted molar refractivity (Wildman–Crippen MR) is 86.7 cm³/mol. The molecule has 0 atom stereocenters. The minimum atomic E-state index is 0.108. The van der Waals surface area contributed by atoms with E-state index in [-0.39, 0.29) is 5.41 Å². The van der Waals surface area contributed by atoms with Gasteiger partial charge in [0.25, 0.3) is 0 Å². The number of hydrogen-bond acceptors (Lipinski definition) is 2. The Balaban J connectivity index is 2.02. The molecule has 0 saturated heterocycles. The molecule has 2 aromatic rings. The molecule has 0 spiro atoms. The summed E-state index contributed by atoms with van der Waals surface area (Å²) in [5.74, 6) is 0. The zero-order valence-electron chi connectivity index (χ0n) is 12.6. The lowest BCUT2D eigenvalue weighted by atomic mass is 9.84. The van der Waals surface area contributed by atoms with Gasteiger partial charge in [0.15, 0.2) is 0 Å². The molecule has 0 unspecified atom stereocenters. The van der Waals surface area contributed by atoms with E-state index in [1.54, 1.807) is 0 Å². The first-order valence-electron chi connectivity index (χ1n) is 7.06. The quantitative estimate of drug-likeness (QED) is 0.838. The third-order valence-corrected chi connectivity index (χ3v) is 3.65. The Morgan fingerprint density at radius 2 is 1.55 bits per heavy atom. The second-order valence-corrected chi connectivity index (χ2v) is 6.16. The summed E-state index contributed by atoms with van der Waals surface area (Å²) < 4.78 is 0. The summed E-state index contributed by atoms with van der Waals surface area (Å²) >= 11 is 0. The number of anilines is 1. The zero-order valence-corrected chi connectivity index (χ0v) is 12.6. The van der Waals surface area contributed by atoms with E-state index in [0.717, 1.165) is 18.8 Å². The second kappa shape index (κ2) is 6.10. The van der Waals surface area contributed by atoms with Crippen LogP contribution in [0.4, 0.5) is 5.69 Å². The Labute approximate surface area is 122 Å². The van der Waals surface area contributed by atoms with Crippen LogP contribution in [0.15, 0.2) is 54.6 Å². The van der Waals surface area contributed by atoms with Gasteiger partial charge in [-0.25, -0.2) is 0 Å². The molecule has 2 heteroatoms. The average Bonchev–Trinajstić information content (AvgIpc) is 2.39. The van der Waals surface area contributed by atoms with Gasteiger partial charge in [-0.1, -0.05) is 56.3 Å². The number of hydrogen-bond donors (Lipinski definition) is 1. The molecule has 0 aliphatic rings. The van der Waals surface area contributed by atoms with Crippen LogP contribution < -0.4 is 5.73 Å². The van der Waals surface area contributed by atoms with Crippen LogP contribution in [-0.4, -0.2) is 18.5 Å². The Morgan fingerprint density at radius 3 is 2.15 bits per heavy atom. The molecule has 0 fully saturated rings. The fraction of sp³-hybridized carbons (Fsp3) is 0.333. The average molecular weight is 268 g/mol. The molecular weight excluding hydrogens is 244 g/mol. The lowest BCUT2D eigenvalue weighted by Gasteiger charge is -2.31. The van der Waals surface area contributed by atoms with Crippen LogP contribution in [0.2, 0.25) is 0 Å². The van der Waals surface area contributed by atoms with E-state index in [4.69, 9.17) is 5.73 Å². The summed E-state index contributed by atoms with van der Waals surface area (Å²) in [6.45, 7) is 6.53. The monoisotopic (exact) mass is 268 g/mol. The van der Waals surface area contributed by atoms with E-state index in [1.807, 2.05) is 12.1 Å². The molecule has 20 heavy (non-hydrogen) atoms. The fourth-order valence-electron chi connectivity index (χ4n) is 2.65. The van der Waals surface area contributed by atoms with Crippen LogP contribution in [0.3, 0.4) is 0 Å². The smallest absolute Gasteiger partial charge is 0.0314 e. The van der Waals surface area contributed by atoms with Gasteiger partial charge in [0, 0.05) is 24.2 Å². The summed E-state index contributed by atoms with van der Waals surface area (Å²) in [5, 5.41) is 0. The highest BCUT2D eigenvalue weighted by molar-refractivity contribution is 5.41. The van der Waals surface area contributed by atoms with Gasteiger partial charge in [-0.3, -0.25) is 0 Å². The molecule has 0 amide bonds. The molecule has 0 aromatic heterocycles. The number of benzene rings is 2. The number of likely N-dealkylation sites (N-methyl/N-ethyl adjacent to an activating group) is 1. The highest BCUT2D eigenvalue weighted by Crippen LogP contribution is 2.25. The van der Waals surface area contributed by atoms with Crippen LogP contribution in [0.5, 0.6) is 0 Å². The van der Waals surface area contributed by atoms with Crippen molar-refractivity contribution in [1.29, 1.82) is 0 Å². The molecule has 0 radical (unpaired) electrons. The molecule has 0 aliphatic carbocycles. The van der Waals surface area contributed by atoms with E-state index in [2.05, 4.69) is 68.3 Å². The van der Waals surface area contributed by atoms with Crippen molar-refractivity contribution in [3.63, 3.8) is 0 Å². The van der Waals surface area contributed by atoms with E-state index >= 15 is 0 Å². The van der Waals surface area contributed by atoms with Crippen molar-refractivity contribution < 1.29 is 0 Å². The Kier molecular flexibility index (Phi) is 4.46. The van der Waals surface area contributed by atoms with Crippen LogP contribution in [-0.2, 0) is 12.0 Å². The van der Waals surface area contributed by atoms with Crippen molar-refractivity contribution in [3.8, 4) is 0 Å². The van der Waals surface area contributed by atoms with E-state index in [1.165, 1.54) is 11.1 Å². The molecule has 2 nitrogen and oxygen atoms in total. The molecule has 2 rings (SSSR count). The molecule has 0 bridgehead atoms. The maximum Gasteiger partial charge on any atom is 0.0314 e. The van der Waals surface area contributed by atoms with Gasteiger partial charge in [-0.2, -0.15) is 0 Å². The summed E-state index contributed by atoms with van der Waals surface area (Å²) in [5.41, 5.74) is 9.37. The van der Waals surface area contributed by atoms with Gasteiger partial charge < -0.3 is 10.6 Å². The maximum atomic E-state index is 5.76. The largest absolute Gasteiger partial charge is 0.399 e.